The maximum Gasteiger partial charge on any atom is 0.425 e. The van der Waals surface area contributed by atoms with Crippen LogP contribution in [0.1, 0.15) is 31.7 Å². The molecule has 0 aliphatic carbocycles. The SMILES string of the molecule is CC(OC(=O)N1CCN(Cc2ccc(Cl)cc2N2CCC3(CCNC3=O)CC2)CC1)C(F)(F)F. The lowest BCUT2D eigenvalue weighted by molar-refractivity contribution is -0.200. The van der Waals surface area contributed by atoms with Crippen molar-refractivity contribution >= 4 is 29.3 Å². The Morgan fingerprint density at radius 3 is 2.41 bits per heavy atom. The van der Waals surface area contributed by atoms with E-state index in [-0.39, 0.29) is 11.3 Å². The number of hydrogen-bond donors (Lipinski definition) is 1. The van der Waals surface area contributed by atoms with E-state index in [2.05, 4.69) is 19.9 Å². The van der Waals surface area contributed by atoms with Crippen LogP contribution in [0, 0.1) is 5.41 Å². The normalized spacial score (nSPS) is 22.1. The fourth-order valence-electron chi connectivity index (χ4n) is 4.96. The summed E-state index contributed by atoms with van der Waals surface area (Å²) in [6.45, 7) is 5.42. The molecule has 0 aromatic heterocycles. The highest BCUT2D eigenvalue weighted by Crippen LogP contribution is 2.40. The molecule has 3 aliphatic heterocycles. The van der Waals surface area contributed by atoms with Crippen molar-refractivity contribution in [1.82, 2.24) is 15.1 Å². The molecule has 3 heterocycles. The van der Waals surface area contributed by atoms with Crippen LogP contribution in [0.5, 0.6) is 0 Å². The van der Waals surface area contributed by atoms with Gasteiger partial charge in [0.15, 0.2) is 6.10 Å². The molecule has 1 unspecified atom stereocenters. The predicted octanol–water partition coefficient (Wildman–Crippen LogP) is 3.65. The van der Waals surface area contributed by atoms with Gasteiger partial charge in [0, 0.05) is 63.1 Å². The van der Waals surface area contributed by atoms with Gasteiger partial charge in [0.25, 0.3) is 0 Å². The Balaban J connectivity index is 1.35. The van der Waals surface area contributed by atoms with Crippen LogP contribution in [0.15, 0.2) is 18.2 Å². The number of carbonyl (C=O) groups excluding carboxylic acids is 2. The molecule has 1 spiro atoms. The molecule has 0 bridgehead atoms. The van der Waals surface area contributed by atoms with Crippen LogP contribution < -0.4 is 10.2 Å². The molecule has 34 heavy (non-hydrogen) atoms. The molecule has 1 atom stereocenters. The van der Waals surface area contributed by atoms with Crippen molar-refractivity contribution in [3.8, 4) is 0 Å². The van der Waals surface area contributed by atoms with Crippen LogP contribution in [-0.4, -0.2) is 79.9 Å². The van der Waals surface area contributed by atoms with Crippen LogP contribution in [0.4, 0.5) is 23.7 Å². The number of nitrogens with zero attached hydrogens (tertiary/aromatic N) is 3. The summed E-state index contributed by atoms with van der Waals surface area (Å²) in [4.78, 5) is 30.2. The van der Waals surface area contributed by atoms with Gasteiger partial charge in [-0.3, -0.25) is 9.69 Å². The van der Waals surface area contributed by atoms with E-state index in [9.17, 15) is 22.8 Å². The number of halogens is 4. The van der Waals surface area contributed by atoms with E-state index in [0.29, 0.717) is 37.7 Å². The van der Waals surface area contributed by atoms with E-state index in [4.69, 9.17) is 11.6 Å². The van der Waals surface area contributed by atoms with Crippen LogP contribution >= 0.6 is 11.6 Å². The maximum atomic E-state index is 12.7. The third-order valence-electron chi connectivity index (χ3n) is 7.24. The number of carbonyl (C=O) groups is 2. The monoisotopic (exact) mass is 502 g/mol. The summed E-state index contributed by atoms with van der Waals surface area (Å²) in [5, 5.41) is 3.60. The zero-order chi connectivity index (χ0) is 24.5. The average molecular weight is 503 g/mol. The first-order valence-electron chi connectivity index (χ1n) is 11.6. The van der Waals surface area contributed by atoms with Crippen LogP contribution in [-0.2, 0) is 16.1 Å². The zero-order valence-electron chi connectivity index (χ0n) is 19.2. The fourth-order valence-corrected chi connectivity index (χ4v) is 5.12. The van der Waals surface area contributed by atoms with Crippen molar-refractivity contribution in [2.45, 2.75) is 45.0 Å². The van der Waals surface area contributed by atoms with Gasteiger partial charge < -0.3 is 19.9 Å². The van der Waals surface area contributed by atoms with Gasteiger partial charge >= 0.3 is 12.3 Å². The summed E-state index contributed by atoms with van der Waals surface area (Å²) >= 11 is 6.31. The summed E-state index contributed by atoms with van der Waals surface area (Å²) in [5.41, 5.74) is 1.89. The van der Waals surface area contributed by atoms with Crippen molar-refractivity contribution in [2.24, 2.45) is 5.41 Å². The molecule has 0 radical (unpaired) electrons. The Morgan fingerprint density at radius 1 is 1.15 bits per heavy atom. The minimum atomic E-state index is -4.57. The Hall–Kier alpha value is -2.20. The van der Waals surface area contributed by atoms with Gasteiger partial charge in [-0.25, -0.2) is 4.79 Å². The van der Waals surface area contributed by atoms with E-state index in [1.165, 1.54) is 4.90 Å². The highest BCUT2D eigenvalue weighted by atomic mass is 35.5. The third kappa shape index (κ3) is 5.38. The summed E-state index contributed by atoms with van der Waals surface area (Å²) in [6.07, 6.45) is -5.14. The molecule has 0 saturated carbocycles. The molecule has 4 rings (SSSR count). The summed E-state index contributed by atoms with van der Waals surface area (Å²) < 4.78 is 42.6. The standard InChI is InChI=1S/C23H30ClF3N4O3/c1-16(23(25,26)27)34-21(33)31-12-10-29(11-13-31)15-17-2-3-18(24)14-19(17)30-8-5-22(6-9-30)4-7-28-20(22)32/h2-3,14,16H,4-13,15H2,1H3,(H,28,32). The number of anilines is 1. The highest BCUT2D eigenvalue weighted by Gasteiger charge is 2.44. The first kappa shape index (κ1) is 24.9. The highest BCUT2D eigenvalue weighted by molar-refractivity contribution is 6.30. The molecule has 3 saturated heterocycles. The zero-order valence-corrected chi connectivity index (χ0v) is 19.9. The van der Waals surface area contributed by atoms with Crippen molar-refractivity contribution in [3.63, 3.8) is 0 Å². The summed E-state index contributed by atoms with van der Waals surface area (Å²) in [6, 6.07) is 5.80. The Kier molecular flexibility index (Phi) is 7.19. The average Bonchev–Trinajstić information content (AvgIpc) is 3.14. The van der Waals surface area contributed by atoms with Crippen molar-refractivity contribution in [2.75, 3.05) is 50.7 Å². The number of hydrogen-bond acceptors (Lipinski definition) is 5. The van der Waals surface area contributed by atoms with Gasteiger partial charge in [0.2, 0.25) is 5.91 Å². The second kappa shape index (κ2) is 9.81. The second-order valence-electron chi connectivity index (χ2n) is 9.38. The number of nitrogens with one attached hydrogen (secondary N) is 1. The van der Waals surface area contributed by atoms with Crippen LogP contribution in [0.25, 0.3) is 0 Å². The van der Waals surface area contributed by atoms with Crippen molar-refractivity contribution < 1.29 is 27.5 Å². The van der Waals surface area contributed by atoms with Crippen molar-refractivity contribution in [1.29, 1.82) is 0 Å². The molecule has 7 nitrogen and oxygen atoms in total. The lowest BCUT2D eigenvalue weighted by atomic mass is 9.77. The molecule has 2 amide bonds. The van der Waals surface area contributed by atoms with Gasteiger partial charge in [-0.15, -0.1) is 0 Å². The predicted molar refractivity (Wildman–Crippen MR) is 122 cm³/mol. The Bertz CT molecular complexity index is 913. The minimum absolute atomic E-state index is 0.166. The number of rotatable bonds is 4. The number of amides is 2. The van der Waals surface area contributed by atoms with Gasteiger partial charge in [0.1, 0.15) is 0 Å². The summed E-state index contributed by atoms with van der Waals surface area (Å²) in [5.74, 6) is 0.166. The smallest absolute Gasteiger partial charge is 0.425 e. The number of alkyl halides is 3. The minimum Gasteiger partial charge on any atom is -0.437 e. The van der Waals surface area contributed by atoms with E-state index in [0.717, 1.165) is 57.1 Å². The number of piperazine rings is 1. The molecular weight excluding hydrogens is 473 g/mol. The van der Waals surface area contributed by atoms with E-state index >= 15 is 0 Å². The number of ether oxygens (including phenoxy) is 1. The molecule has 188 valence electrons. The maximum absolute atomic E-state index is 12.7. The molecule has 3 aliphatic rings. The van der Waals surface area contributed by atoms with Gasteiger partial charge in [-0.1, -0.05) is 17.7 Å². The van der Waals surface area contributed by atoms with Gasteiger partial charge in [-0.2, -0.15) is 13.2 Å². The number of benzene rings is 1. The van der Waals surface area contributed by atoms with Crippen LogP contribution in [0.3, 0.4) is 0 Å². The largest absolute Gasteiger partial charge is 0.437 e. The first-order chi connectivity index (χ1) is 16.1. The van der Waals surface area contributed by atoms with E-state index in [1.54, 1.807) is 0 Å². The molecular formula is C23H30ClF3N4O3. The van der Waals surface area contributed by atoms with Crippen LogP contribution in [0.2, 0.25) is 5.02 Å². The van der Waals surface area contributed by atoms with Gasteiger partial charge in [0.05, 0.1) is 5.41 Å². The Labute approximate surface area is 202 Å². The fraction of sp³-hybridized carbons (Fsp3) is 0.652. The topological polar surface area (TPSA) is 65.1 Å². The Morgan fingerprint density at radius 2 is 1.82 bits per heavy atom. The lowest BCUT2D eigenvalue weighted by Gasteiger charge is -2.40. The molecule has 1 aromatic carbocycles. The lowest BCUT2D eigenvalue weighted by Crippen LogP contribution is -2.50. The molecule has 3 fully saturated rings. The van der Waals surface area contributed by atoms with Crippen molar-refractivity contribution in [3.05, 3.63) is 28.8 Å². The molecule has 11 heteroatoms. The molecule has 1 N–H and O–H groups in total. The molecule has 1 aromatic rings. The third-order valence-corrected chi connectivity index (χ3v) is 7.48. The van der Waals surface area contributed by atoms with E-state index < -0.39 is 18.4 Å². The summed E-state index contributed by atoms with van der Waals surface area (Å²) in [7, 11) is 0. The van der Waals surface area contributed by atoms with E-state index in [1.807, 2.05) is 18.2 Å². The second-order valence-corrected chi connectivity index (χ2v) is 9.81. The quantitative estimate of drug-likeness (QED) is 0.681. The van der Waals surface area contributed by atoms with Gasteiger partial charge in [-0.05, 0) is 43.9 Å². The first-order valence-corrected chi connectivity index (χ1v) is 12.0. The number of piperidine rings is 1.